The van der Waals surface area contributed by atoms with Crippen molar-refractivity contribution in [3.8, 4) is 0 Å². The Labute approximate surface area is 103 Å². The third kappa shape index (κ3) is 1.66. The molecule has 17 heavy (non-hydrogen) atoms. The van der Waals surface area contributed by atoms with Crippen LogP contribution in [0.25, 0.3) is 0 Å². The molecule has 5 aliphatic rings. The van der Waals surface area contributed by atoms with Gasteiger partial charge in [0.25, 0.3) is 0 Å². The first-order valence-electron chi connectivity index (χ1n) is 6.85. The van der Waals surface area contributed by atoms with Gasteiger partial charge in [0, 0.05) is 30.2 Å². The number of piperidine rings is 4. The van der Waals surface area contributed by atoms with Crippen LogP contribution in [0.15, 0.2) is 0 Å². The molecule has 0 spiro atoms. The first-order chi connectivity index (χ1) is 8.11. The van der Waals surface area contributed by atoms with E-state index < -0.39 is 9.84 Å². The number of hydrogen-bond donors (Lipinski definition) is 1. The molecule has 0 saturated carbocycles. The Morgan fingerprint density at radius 3 is 2.00 bits per heavy atom. The molecular weight excluding hydrogens is 236 g/mol. The van der Waals surface area contributed by atoms with Crippen LogP contribution in [0.2, 0.25) is 0 Å². The Hall–Kier alpha value is -0.130. The molecule has 5 aliphatic heterocycles. The van der Waals surface area contributed by atoms with Crippen molar-refractivity contribution in [3.63, 3.8) is 0 Å². The molecule has 1 atom stereocenters. The summed E-state index contributed by atoms with van der Waals surface area (Å²) < 4.78 is 23.3. The average Bonchev–Trinajstić information content (AvgIpc) is 2.57. The summed E-state index contributed by atoms with van der Waals surface area (Å²) in [6.07, 6.45) is 5.83. The minimum Gasteiger partial charge on any atom is -0.311 e. The van der Waals surface area contributed by atoms with Gasteiger partial charge in [0.05, 0.1) is 11.5 Å². The zero-order valence-corrected chi connectivity index (χ0v) is 10.8. The fraction of sp³-hybridized carbons (Fsp3) is 1.00. The molecule has 4 nitrogen and oxygen atoms in total. The van der Waals surface area contributed by atoms with Crippen molar-refractivity contribution >= 4 is 9.84 Å². The van der Waals surface area contributed by atoms with E-state index in [2.05, 4.69) is 10.2 Å². The Balaban J connectivity index is 1.59. The highest BCUT2D eigenvalue weighted by Crippen LogP contribution is 2.41. The minimum absolute atomic E-state index is 0.329. The molecule has 0 aromatic heterocycles. The van der Waals surface area contributed by atoms with Crippen LogP contribution in [0, 0.1) is 0 Å². The van der Waals surface area contributed by atoms with Gasteiger partial charge in [-0.2, -0.15) is 0 Å². The maximum absolute atomic E-state index is 11.6. The molecule has 0 radical (unpaired) electrons. The largest absolute Gasteiger partial charge is 0.311 e. The minimum atomic E-state index is -2.74. The van der Waals surface area contributed by atoms with E-state index in [0.717, 1.165) is 6.42 Å². The van der Waals surface area contributed by atoms with Crippen molar-refractivity contribution in [3.05, 3.63) is 0 Å². The molecule has 0 amide bonds. The normalized spacial score (nSPS) is 52.1. The van der Waals surface area contributed by atoms with Crippen LogP contribution in [0.4, 0.5) is 0 Å². The van der Waals surface area contributed by atoms with Crippen molar-refractivity contribution in [1.29, 1.82) is 0 Å². The van der Waals surface area contributed by atoms with Crippen LogP contribution in [0.1, 0.15) is 32.1 Å². The highest BCUT2D eigenvalue weighted by Gasteiger charge is 2.50. The maximum Gasteiger partial charge on any atom is 0.151 e. The Kier molecular flexibility index (Phi) is 2.19. The highest BCUT2D eigenvalue weighted by molar-refractivity contribution is 7.91. The molecular formula is C12H20N2O2S. The van der Waals surface area contributed by atoms with Gasteiger partial charge in [0.15, 0.2) is 9.84 Å². The lowest BCUT2D eigenvalue weighted by Gasteiger charge is -2.58. The van der Waals surface area contributed by atoms with Crippen molar-refractivity contribution in [2.24, 2.45) is 0 Å². The number of rotatable bonds is 1. The molecule has 5 saturated heterocycles. The Morgan fingerprint density at radius 2 is 1.53 bits per heavy atom. The molecule has 5 fully saturated rings. The number of hydrogen-bond acceptors (Lipinski definition) is 4. The van der Waals surface area contributed by atoms with Crippen molar-refractivity contribution in [2.45, 2.75) is 62.3 Å². The lowest BCUT2D eigenvalue weighted by atomic mass is 9.73. The molecule has 5 heteroatoms. The first kappa shape index (κ1) is 10.8. The fourth-order valence-corrected chi connectivity index (χ4v) is 6.42. The van der Waals surface area contributed by atoms with E-state index in [-0.39, 0.29) is 0 Å². The van der Waals surface area contributed by atoms with Gasteiger partial charge in [-0.25, -0.2) is 8.42 Å². The van der Waals surface area contributed by atoms with Crippen molar-refractivity contribution in [2.75, 3.05) is 11.5 Å². The van der Waals surface area contributed by atoms with Gasteiger partial charge in [-0.3, -0.25) is 4.90 Å². The topological polar surface area (TPSA) is 49.4 Å². The highest BCUT2D eigenvalue weighted by atomic mass is 32.2. The smallest absolute Gasteiger partial charge is 0.151 e. The fourth-order valence-electron chi connectivity index (χ4n) is 4.70. The predicted octanol–water partition coefficient (Wildman–Crippen LogP) is 0.141. The zero-order valence-electron chi connectivity index (χ0n) is 10.0. The van der Waals surface area contributed by atoms with E-state index in [1.807, 2.05) is 0 Å². The number of nitrogens with one attached hydrogen (secondary N) is 1. The van der Waals surface area contributed by atoms with Gasteiger partial charge in [-0.15, -0.1) is 0 Å². The summed E-state index contributed by atoms with van der Waals surface area (Å²) in [5.41, 5.74) is 0. The summed E-state index contributed by atoms with van der Waals surface area (Å²) in [5.74, 6) is 0.835. The van der Waals surface area contributed by atoms with Crippen molar-refractivity contribution in [1.82, 2.24) is 10.2 Å². The van der Waals surface area contributed by atoms with Crippen molar-refractivity contribution < 1.29 is 8.42 Å². The van der Waals surface area contributed by atoms with E-state index in [1.54, 1.807) is 0 Å². The number of sulfone groups is 1. The third-order valence-electron chi connectivity index (χ3n) is 5.17. The molecule has 4 bridgehead atoms. The summed E-state index contributed by atoms with van der Waals surface area (Å²) in [6.45, 7) is 0. The lowest BCUT2D eigenvalue weighted by molar-refractivity contribution is -0.0512. The second-order valence-corrected chi connectivity index (χ2v) is 8.54. The molecule has 1 N–H and O–H groups in total. The molecule has 96 valence electrons. The monoisotopic (exact) mass is 256 g/mol. The van der Waals surface area contributed by atoms with E-state index >= 15 is 0 Å². The Morgan fingerprint density at radius 1 is 0.941 bits per heavy atom. The summed E-state index contributed by atoms with van der Waals surface area (Å²) in [4.78, 5) is 2.60. The molecule has 1 unspecified atom stereocenters. The van der Waals surface area contributed by atoms with Gasteiger partial charge < -0.3 is 5.32 Å². The zero-order chi connectivity index (χ0) is 11.6. The van der Waals surface area contributed by atoms with Gasteiger partial charge >= 0.3 is 0 Å². The summed E-state index contributed by atoms with van der Waals surface area (Å²) in [5, 5.41) is 3.70. The predicted molar refractivity (Wildman–Crippen MR) is 65.7 cm³/mol. The molecule has 5 heterocycles. The van der Waals surface area contributed by atoms with E-state index in [0.29, 0.717) is 41.7 Å². The maximum atomic E-state index is 11.6. The summed E-state index contributed by atoms with van der Waals surface area (Å²) >= 11 is 0. The van der Waals surface area contributed by atoms with E-state index in [9.17, 15) is 8.42 Å². The standard InChI is InChI=1S/C12H20N2O2S/c15-17(16)2-1-10(7-17)14-11-3-8-4-12(14)6-9(5-11)13-8/h8-13H,1-7H2. The lowest BCUT2D eigenvalue weighted by Crippen LogP contribution is -2.69. The SMILES string of the molecule is O=S1(=O)CCC(N2C3CC4CC2CC(C3)N4)C1. The quantitative estimate of drug-likeness (QED) is 0.725. The Bertz CT molecular complexity index is 406. The van der Waals surface area contributed by atoms with Gasteiger partial charge in [0.2, 0.25) is 0 Å². The molecule has 0 aliphatic carbocycles. The van der Waals surface area contributed by atoms with Crippen LogP contribution in [0.3, 0.4) is 0 Å². The summed E-state index contributed by atoms with van der Waals surface area (Å²) in [6, 6.07) is 3.09. The van der Waals surface area contributed by atoms with Gasteiger partial charge in [-0.05, 0) is 32.1 Å². The van der Waals surface area contributed by atoms with E-state index in [1.165, 1.54) is 25.7 Å². The summed E-state index contributed by atoms with van der Waals surface area (Å²) in [7, 11) is -2.74. The number of nitrogens with zero attached hydrogens (tertiary/aromatic N) is 1. The van der Waals surface area contributed by atoms with Crippen LogP contribution in [0.5, 0.6) is 0 Å². The van der Waals surface area contributed by atoms with Gasteiger partial charge in [0.1, 0.15) is 0 Å². The van der Waals surface area contributed by atoms with Gasteiger partial charge in [-0.1, -0.05) is 0 Å². The molecule has 0 aromatic carbocycles. The molecule has 0 aromatic rings. The van der Waals surface area contributed by atoms with Crippen LogP contribution < -0.4 is 5.32 Å². The van der Waals surface area contributed by atoms with E-state index in [4.69, 9.17) is 0 Å². The first-order valence-corrected chi connectivity index (χ1v) is 8.67. The van der Waals surface area contributed by atoms with Crippen LogP contribution in [-0.2, 0) is 9.84 Å². The second kappa shape index (κ2) is 3.45. The molecule has 5 rings (SSSR count). The third-order valence-corrected chi connectivity index (χ3v) is 6.92. The second-order valence-electron chi connectivity index (χ2n) is 6.32. The van der Waals surface area contributed by atoms with Crippen LogP contribution >= 0.6 is 0 Å². The average molecular weight is 256 g/mol. The van der Waals surface area contributed by atoms with Crippen LogP contribution in [-0.4, -0.2) is 55.0 Å².